The highest BCUT2D eigenvalue weighted by atomic mass is 19.1. The van der Waals surface area contributed by atoms with Crippen LogP contribution in [0.25, 0.3) is 11.1 Å². The van der Waals surface area contributed by atoms with E-state index in [1.807, 2.05) is 45.9 Å². The Labute approximate surface area is 153 Å². The third kappa shape index (κ3) is 3.02. The Kier molecular flexibility index (Phi) is 4.42. The van der Waals surface area contributed by atoms with E-state index in [9.17, 15) is 9.18 Å². The average Bonchev–Trinajstić information content (AvgIpc) is 2.76. The van der Waals surface area contributed by atoms with Crippen LogP contribution in [0.4, 0.5) is 9.18 Å². The minimum atomic E-state index is -0.846. The van der Waals surface area contributed by atoms with Crippen LogP contribution in [0.1, 0.15) is 42.2 Å². The summed E-state index contributed by atoms with van der Waals surface area (Å²) < 4.78 is 25.6. The Morgan fingerprint density at radius 2 is 1.81 bits per heavy atom. The van der Waals surface area contributed by atoms with E-state index in [1.54, 1.807) is 7.11 Å². The summed E-state index contributed by atoms with van der Waals surface area (Å²) in [7, 11) is 1.63. The lowest BCUT2D eigenvalue weighted by atomic mass is 9.87. The smallest absolute Gasteiger partial charge is 0.405 e. The fourth-order valence-corrected chi connectivity index (χ4v) is 4.02. The summed E-state index contributed by atoms with van der Waals surface area (Å²) in [5.74, 6) is 0.467. The number of rotatable bonds is 3. The highest BCUT2D eigenvalue weighted by Gasteiger charge is 2.42. The van der Waals surface area contributed by atoms with Crippen molar-refractivity contribution in [3.8, 4) is 16.9 Å². The topological polar surface area (TPSA) is 61.6 Å². The Bertz CT molecular complexity index is 866. The van der Waals surface area contributed by atoms with Crippen LogP contribution in [0, 0.1) is 25.1 Å². The molecule has 4 nitrogen and oxygen atoms in total. The van der Waals surface area contributed by atoms with Crippen LogP contribution in [0.15, 0.2) is 24.3 Å². The number of carbonyl (C=O) groups is 1. The van der Waals surface area contributed by atoms with E-state index in [4.69, 9.17) is 15.2 Å². The van der Waals surface area contributed by atoms with Crippen LogP contribution in [-0.4, -0.2) is 13.2 Å². The molecule has 1 atom stereocenters. The fourth-order valence-electron chi connectivity index (χ4n) is 4.02. The van der Waals surface area contributed by atoms with Crippen LogP contribution < -0.4 is 10.5 Å². The molecule has 0 saturated heterocycles. The summed E-state index contributed by atoms with van der Waals surface area (Å²) in [4.78, 5) is 11.3. The Balaban J connectivity index is 2.10. The minimum Gasteiger partial charge on any atom is -0.496 e. The summed E-state index contributed by atoms with van der Waals surface area (Å²) in [5, 5.41) is 0. The van der Waals surface area contributed by atoms with E-state index in [-0.39, 0.29) is 11.2 Å². The molecule has 2 aromatic rings. The van der Waals surface area contributed by atoms with Crippen LogP contribution in [0.5, 0.6) is 5.75 Å². The molecule has 0 saturated carbocycles. The third-order valence-corrected chi connectivity index (χ3v) is 5.08. The van der Waals surface area contributed by atoms with Gasteiger partial charge in [-0.05, 0) is 72.4 Å². The number of primary amides is 1. The predicted molar refractivity (Wildman–Crippen MR) is 98.8 cm³/mol. The minimum absolute atomic E-state index is 0.339. The Morgan fingerprint density at radius 3 is 2.35 bits per heavy atom. The van der Waals surface area contributed by atoms with Gasteiger partial charge in [-0.15, -0.1) is 0 Å². The number of ether oxygens (including phenoxy) is 2. The van der Waals surface area contributed by atoms with Crippen LogP contribution in [-0.2, 0) is 11.2 Å². The van der Waals surface area contributed by atoms with Crippen LogP contribution in [0.3, 0.4) is 0 Å². The van der Waals surface area contributed by atoms with Crippen LogP contribution in [0.2, 0.25) is 0 Å². The first kappa shape index (κ1) is 18.2. The first-order chi connectivity index (χ1) is 12.1. The number of methoxy groups -OCH3 is 1. The lowest BCUT2D eigenvalue weighted by molar-refractivity contribution is 0.0391. The number of halogens is 1. The second kappa shape index (κ2) is 6.31. The number of aryl methyl sites for hydroxylation is 2. The van der Waals surface area contributed by atoms with Crippen molar-refractivity contribution in [2.45, 2.75) is 40.2 Å². The highest BCUT2D eigenvalue weighted by Crippen LogP contribution is 2.49. The summed E-state index contributed by atoms with van der Waals surface area (Å²) in [6.45, 7) is 7.86. The molecule has 0 bridgehead atoms. The Morgan fingerprint density at radius 1 is 1.19 bits per heavy atom. The van der Waals surface area contributed by atoms with E-state index in [0.29, 0.717) is 17.5 Å². The third-order valence-electron chi connectivity index (χ3n) is 5.08. The number of carbonyl (C=O) groups excluding carboxylic acids is 1. The molecule has 26 heavy (non-hydrogen) atoms. The molecular formula is C21H24FNO3. The summed E-state index contributed by atoms with van der Waals surface area (Å²) in [6.07, 6.45) is -0.707. The molecule has 0 aliphatic heterocycles. The van der Waals surface area contributed by atoms with Gasteiger partial charge in [-0.25, -0.2) is 9.18 Å². The van der Waals surface area contributed by atoms with Crippen molar-refractivity contribution < 1.29 is 18.7 Å². The van der Waals surface area contributed by atoms with Gasteiger partial charge in [0.25, 0.3) is 0 Å². The molecule has 2 N–H and O–H groups in total. The zero-order chi connectivity index (χ0) is 19.2. The number of benzene rings is 2. The van der Waals surface area contributed by atoms with E-state index >= 15 is 0 Å². The van der Waals surface area contributed by atoms with Crippen molar-refractivity contribution in [1.29, 1.82) is 0 Å². The van der Waals surface area contributed by atoms with Gasteiger partial charge >= 0.3 is 6.09 Å². The normalized spacial score (nSPS) is 17.7. The van der Waals surface area contributed by atoms with E-state index in [0.717, 1.165) is 28.0 Å². The maximum absolute atomic E-state index is 14.9. The summed E-state index contributed by atoms with van der Waals surface area (Å²) >= 11 is 0. The van der Waals surface area contributed by atoms with Crippen molar-refractivity contribution in [3.05, 3.63) is 52.3 Å². The molecule has 3 rings (SSSR count). The summed E-state index contributed by atoms with van der Waals surface area (Å²) in [6, 6.07) is 7.18. The quantitative estimate of drug-likeness (QED) is 0.855. The van der Waals surface area contributed by atoms with E-state index in [1.165, 1.54) is 6.07 Å². The number of hydrogen-bond donors (Lipinski definition) is 1. The van der Waals surface area contributed by atoms with Gasteiger partial charge in [-0.1, -0.05) is 13.8 Å². The average molecular weight is 357 g/mol. The Hall–Kier alpha value is -2.56. The lowest BCUT2D eigenvalue weighted by Gasteiger charge is -2.26. The molecule has 0 spiro atoms. The maximum Gasteiger partial charge on any atom is 0.405 e. The van der Waals surface area contributed by atoms with Gasteiger partial charge in [0.1, 0.15) is 17.7 Å². The molecule has 1 aliphatic rings. The van der Waals surface area contributed by atoms with Crippen molar-refractivity contribution in [3.63, 3.8) is 0 Å². The number of fused-ring (bicyclic) bond motifs is 1. The first-order valence-corrected chi connectivity index (χ1v) is 8.58. The predicted octanol–water partition coefficient (Wildman–Crippen LogP) is 4.84. The molecule has 138 valence electrons. The van der Waals surface area contributed by atoms with Gasteiger partial charge in [0, 0.05) is 11.0 Å². The first-order valence-electron chi connectivity index (χ1n) is 8.58. The molecule has 0 fully saturated rings. The van der Waals surface area contributed by atoms with Gasteiger partial charge < -0.3 is 15.2 Å². The van der Waals surface area contributed by atoms with E-state index < -0.39 is 12.2 Å². The molecule has 0 aromatic heterocycles. The molecule has 5 heteroatoms. The molecule has 2 aromatic carbocycles. The van der Waals surface area contributed by atoms with Crippen LogP contribution >= 0.6 is 0 Å². The second-order valence-corrected chi connectivity index (χ2v) is 7.66. The number of hydrogen-bond acceptors (Lipinski definition) is 3. The monoisotopic (exact) mass is 357 g/mol. The van der Waals surface area contributed by atoms with Gasteiger partial charge in [-0.3, -0.25) is 0 Å². The molecular weight excluding hydrogens is 333 g/mol. The number of amides is 1. The van der Waals surface area contributed by atoms with Crippen molar-refractivity contribution >= 4 is 6.09 Å². The molecule has 1 aliphatic carbocycles. The zero-order valence-electron chi connectivity index (χ0n) is 15.8. The largest absolute Gasteiger partial charge is 0.496 e. The van der Waals surface area contributed by atoms with Crippen molar-refractivity contribution in [1.82, 2.24) is 0 Å². The maximum atomic E-state index is 14.9. The van der Waals surface area contributed by atoms with Gasteiger partial charge in [0.05, 0.1) is 7.11 Å². The van der Waals surface area contributed by atoms with Crippen molar-refractivity contribution in [2.75, 3.05) is 7.11 Å². The zero-order valence-corrected chi connectivity index (χ0v) is 15.8. The van der Waals surface area contributed by atoms with Gasteiger partial charge in [-0.2, -0.15) is 0 Å². The molecule has 0 unspecified atom stereocenters. The lowest BCUT2D eigenvalue weighted by Crippen LogP contribution is -2.25. The standard InChI is InChI=1S/C21H24FNO3/c1-11-6-13(7-12(2)18(11)25-5)15-8-14-10-21(3,4)19(26-20(23)24)16(14)9-17(15)22/h6-9,19H,10H2,1-5H3,(H2,23,24)/t19-/m0/s1. The van der Waals surface area contributed by atoms with Gasteiger partial charge in [0.15, 0.2) is 0 Å². The summed E-state index contributed by atoms with van der Waals surface area (Å²) in [5.41, 5.74) is 9.78. The second-order valence-electron chi connectivity index (χ2n) is 7.66. The molecule has 0 heterocycles. The number of nitrogens with two attached hydrogens (primary N) is 1. The van der Waals surface area contributed by atoms with E-state index in [2.05, 4.69) is 0 Å². The molecule has 1 amide bonds. The highest BCUT2D eigenvalue weighted by molar-refractivity contribution is 5.70. The SMILES string of the molecule is COc1c(C)cc(-c2cc3c(cc2F)[C@H](OC(N)=O)C(C)(C)C3)cc1C. The van der Waals surface area contributed by atoms with Crippen molar-refractivity contribution in [2.24, 2.45) is 11.1 Å². The van der Waals surface area contributed by atoms with Gasteiger partial charge in [0.2, 0.25) is 0 Å². The fraction of sp³-hybridized carbons (Fsp3) is 0.381. The molecule has 0 radical (unpaired) electrons.